The first-order valence-corrected chi connectivity index (χ1v) is 9.66. The Bertz CT molecular complexity index is 747. The lowest BCUT2D eigenvalue weighted by atomic mass is 10.2. The zero-order chi connectivity index (χ0) is 18.8. The molecule has 0 saturated carbocycles. The SMILES string of the molecule is COc1ccc(C=CC(=O)NCCSCc2ccc(Cl)cc2)cc1OC. The van der Waals surface area contributed by atoms with Crippen LogP contribution in [0, 0.1) is 0 Å². The topological polar surface area (TPSA) is 47.6 Å². The molecule has 0 heterocycles. The molecule has 6 heteroatoms. The van der Waals surface area contributed by atoms with E-state index in [9.17, 15) is 4.79 Å². The van der Waals surface area contributed by atoms with E-state index in [1.54, 1.807) is 32.1 Å². The Kier molecular flexibility index (Phi) is 8.38. The monoisotopic (exact) mass is 391 g/mol. The summed E-state index contributed by atoms with van der Waals surface area (Å²) in [5.74, 6) is 2.92. The first kappa shape index (κ1) is 20.2. The van der Waals surface area contributed by atoms with Gasteiger partial charge in [0, 0.05) is 29.1 Å². The molecule has 1 amide bonds. The zero-order valence-electron chi connectivity index (χ0n) is 14.8. The summed E-state index contributed by atoms with van der Waals surface area (Å²) >= 11 is 7.63. The number of hydrogen-bond acceptors (Lipinski definition) is 4. The third-order valence-electron chi connectivity index (χ3n) is 3.56. The van der Waals surface area contributed by atoms with Crippen LogP contribution >= 0.6 is 23.4 Å². The van der Waals surface area contributed by atoms with Crippen LogP contribution in [0.1, 0.15) is 11.1 Å². The van der Waals surface area contributed by atoms with E-state index in [1.165, 1.54) is 11.6 Å². The van der Waals surface area contributed by atoms with E-state index in [2.05, 4.69) is 5.32 Å². The quantitative estimate of drug-likeness (QED) is 0.507. The van der Waals surface area contributed by atoms with E-state index in [-0.39, 0.29) is 5.91 Å². The Morgan fingerprint density at radius 1 is 1.12 bits per heavy atom. The molecule has 0 aliphatic heterocycles. The lowest BCUT2D eigenvalue weighted by Gasteiger charge is -2.07. The molecule has 1 N–H and O–H groups in total. The predicted molar refractivity (Wildman–Crippen MR) is 109 cm³/mol. The van der Waals surface area contributed by atoms with Crippen LogP contribution in [0.15, 0.2) is 48.5 Å². The summed E-state index contributed by atoms with van der Waals surface area (Å²) in [6.45, 7) is 0.618. The van der Waals surface area contributed by atoms with Gasteiger partial charge >= 0.3 is 0 Å². The Balaban J connectivity index is 1.71. The van der Waals surface area contributed by atoms with Gasteiger partial charge in [-0.3, -0.25) is 4.79 Å². The van der Waals surface area contributed by atoms with Gasteiger partial charge in [0.05, 0.1) is 14.2 Å². The summed E-state index contributed by atoms with van der Waals surface area (Å²) in [5.41, 5.74) is 2.09. The minimum absolute atomic E-state index is 0.119. The Labute approximate surface area is 163 Å². The average Bonchev–Trinajstić information content (AvgIpc) is 2.67. The van der Waals surface area contributed by atoms with Crippen LogP contribution in [0.5, 0.6) is 11.5 Å². The van der Waals surface area contributed by atoms with Gasteiger partial charge in [-0.2, -0.15) is 11.8 Å². The molecule has 0 aliphatic rings. The summed E-state index contributed by atoms with van der Waals surface area (Å²) < 4.78 is 10.4. The Morgan fingerprint density at radius 3 is 2.54 bits per heavy atom. The van der Waals surface area contributed by atoms with Crippen molar-refractivity contribution < 1.29 is 14.3 Å². The van der Waals surface area contributed by atoms with Gasteiger partial charge in [0.1, 0.15) is 0 Å². The van der Waals surface area contributed by atoms with E-state index in [0.29, 0.717) is 18.0 Å². The van der Waals surface area contributed by atoms with Crippen molar-refractivity contribution in [3.05, 3.63) is 64.7 Å². The Hall–Kier alpha value is -2.11. The predicted octanol–water partition coefficient (Wildman–Crippen LogP) is 4.42. The maximum Gasteiger partial charge on any atom is 0.244 e. The summed E-state index contributed by atoms with van der Waals surface area (Å²) in [6.07, 6.45) is 3.27. The van der Waals surface area contributed by atoms with E-state index in [1.807, 2.05) is 42.5 Å². The lowest BCUT2D eigenvalue weighted by Crippen LogP contribution is -2.23. The Morgan fingerprint density at radius 2 is 1.85 bits per heavy atom. The van der Waals surface area contributed by atoms with Gasteiger partial charge < -0.3 is 14.8 Å². The van der Waals surface area contributed by atoms with Crippen LogP contribution < -0.4 is 14.8 Å². The molecular weight excluding hydrogens is 370 g/mol. The largest absolute Gasteiger partial charge is 0.493 e. The number of rotatable bonds is 9. The molecule has 0 atom stereocenters. The minimum Gasteiger partial charge on any atom is -0.493 e. The number of amides is 1. The number of ether oxygens (including phenoxy) is 2. The fraction of sp³-hybridized carbons (Fsp3) is 0.250. The molecule has 0 fully saturated rings. The van der Waals surface area contributed by atoms with Gasteiger partial charge in [0.25, 0.3) is 0 Å². The van der Waals surface area contributed by atoms with Crippen LogP contribution in [0.25, 0.3) is 6.08 Å². The third-order valence-corrected chi connectivity index (χ3v) is 4.84. The van der Waals surface area contributed by atoms with Crippen LogP contribution in [0.3, 0.4) is 0 Å². The standard InChI is InChI=1S/C20H22ClNO3S/c1-24-18-9-5-15(13-19(18)25-2)6-10-20(23)22-11-12-26-14-16-3-7-17(21)8-4-16/h3-10,13H,11-12,14H2,1-2H3,(H,22,23). The van der Waals surface area contributed by atoms with Crippen molar-refractivity contribution in [1.82, 2.24) is 5.32 Å². The lowest BCUT2D eigenvalue weighted by molar-refractivity contribution is -0.116. The first-order chi connectivity index (χ1) is 12.6. The van der Waals surface area contributed by atoms with Gasteiger partial charge in [-0.05, 0) is 41.5 Å². The fourth-order valence-corrected chi connectivity index (χ4v) is 3.15. The maximum atomic E-state index is 11.9. The normalized spacial score (nSPS) is 10.7. The smallest absolute Gasteiger partial charge is 0.244 e. The number of thioether (sulfide) groups is 1. The molecule has 0 spiro atoms. The van der Waals surface area contributed by atoms with Crippen molar-refractivity contribution in [1.29, 1.82) is 0 Å². The number of methoxy groups -OCH3 is 2. The van der Waals surface area contributed by atoms with Gasteiger partial charge in [0.15, 0.2) is 11.5 Å². The van der Waals surface area contributed by atoms with Gasteiger partial charge in [-0.25, -0.2) is 0 Å². The minimum atomic E-state index is -0.119. The van der Waals surface area contributed by atoms with Gasteiger partial charge in [0.2, 0.25) is 5.91 Å². The van der Waals surface area contributed by atoms with Gasteiger partial charge in [-0.1, -0.05) is 29.8 Å². The van der Waals surface area contributed by atoms with E-state index >= 15 is 0 Å². The number of nitrogens with one attached hydrogen (secondary N) is 1. The molecule has 138 valence electrons. The molecule has 0 saturated heterocycles. The first-order valence-electron chi connectivity index (χ1n) is 8.12. The number of carbonyl (C=O) groups excluding carboxylic acids is 1. The number of benzene rings is 2. The molecule has 0 radical (unpaired) electrons. The molecule has 0 aromatic heterocycles. The second kappa shape index (κ2) is 10.8. The fourth-order valence-electron chi connectivity index (χ4n) is 2.20. The second-order valence-electron chi connectivity index (χ2n) is 5.42. The molecule has 26 heavy (non-hydrogen) atoms. The van der Waals surface area contributed by atoms with Crippen molar-refractivity contribution in [3.63, 3.8) is 0 Å². The highest BCUT2D eigenvalue weighted by Crippen LogP contribution is 2.27. The molecule has 0 aliphatic carbocycles. The van der Waals surface area contributed by atoms with Crippen LogP contribution in [0.4, 0.5) is 0 Å². The van der Waals surface area contributed by atoms with Crippen molar-refractivity contribution >= 4 is 35.3 Å². The number of carbonyl (C=O) groups is 1. The highest BCUT2D eigenvalue weighted by Gasteiger charge is 2.03. The van der Waals surface area contributed by atoms with Crippen LogP contribution in [-0.4, -0.2) is 32.4 Å². The molecule has 4 nitrogen and oxygen atoms in total. The van der Waals surface area contributed by atoms with Crippen molar-refractivity contribution in [2.24, 2.45) is 0 Å². The summed E-state index contributed by atoms with van der Waals surface area (Å²) in [5, 5.41) is 3.62. The van der Waals surface area contributed by atoms with E-state index in [0.717, 1.165) is 22.1 Å². The zero-order valence-corrected chi connectivity index (χ0v) is 16.4. The van der Waals surface area contributed by atoms with Crippen LogP contribution in [-0.2, 0) is 10.5 Å². The second-order valence-corrected chi connectivity index (χ2v) is 6.96. The third kappa shape index (κ3) is 6.65. The summed E-state index contributed by atoms with van der Waals surface area (Å²) in [6, 6.07) is 13.3. The number of hydrogen-bond donors (Lipinski definition) is 1. The number of halogens is 1. The maximum absolute atomic E-state index is 11.9. The summed E-state index contributed by atoms with van der Waals surface area (Å²) in [7, 11) is 3.17. The molecule has 2 aromatic rings. The molecule has 2 aromatic carbocycles. The molecular formula is C20H22ClNO3S. The van der Waals surface area contributed by atoms with Crippen molar-refractivity contribution in [2.75, 3.05) is 26.5 Å². The average molecular weight is 392 g/mol. The van der Waals surface area contributed by atoms with Crippen molar-refractivity contribution in [3.8, 4) is 11.5 Å². The molecule has 2 rings (SSSR count). The molecule has 0 bridgehead atoms. The summed E-state index contributed by atoms with van der Waals surface area (Å²) in [4.78, 5) is 11.9. The van der Waals surface area contributed by atoms with Crippen LogP contribution in [0.2, 0.25) is 5.02 Å². The van der Waals surface area contributed by atoms with Crippen molar-refractivity contribution in [2.45, 2.75) is 5.75 Å². The van der Waals surface area contributed by atoms with E-state index in [4.69, 9.17) is 21.1 Å². The molecule has 0 unspecified atom stereocenters. The van der Waals surface area contributed by atoms with E-state index < -0.39 is 0 Å². The highest BCUT2D eigenvalue weighted by atomic mass is 35.5. The van der Waals surface area contributed by atoms with Gasteiger partial charge in [-0.15, -0.1) is 0 Å². The highest BCUT2D eigenvalue weighted by molar-refractivity contribution is 7.98.